The molecule has 1 aliphatic rings. The zero-order valence-electron chi connectivity index (χ0n) is 11.5. The van der Waals surface area contributed by atoms with Gasteiger partial charge in [0, 0.05) is 19.1 Å². The van der Waals surface area contributed by atoms with Crippen LogP contribution in [0.4, 0.5) is 4.79 Å². The average Bonchev–Trinajstić information content (AvgIpc) is 2.26. The SMILES string of the molecule is CC(C)NCC1CCCN(C(=O)OC(C)C)C1. The number of hydrogen-bond acceptors (Lipinski definition) is 3. The Labute approximate surface area is 105 Å². The third-order valence-corrected chi connectivity index (χ3v) is 2.93. The molecule has 0 aliphatic carbocycles. The first-order valence-electron chi connectivity index (χ1n) is 6.68. The Kier molecular flexibility index (Phi) is 5.75. The quantitative estimate of drug-likeness (QED) is 0.822. The van der Waals surface area contributed by atoms with Crippen LogP contribution in [0.3, 0.4) is 0 Å². The topological polar surface area (TPSA) is 41.6 Å². The van der Waals surface area contributed by atoms with Crippen LogP contribution < -0.4 is 5.32 Å². The highest BCUT2D eigenvalue weighted by atomic mass is 16.6. The summed E-state index contributed by atoms with van der Waals surface area (Å²) in [6.07, 6.45) is 2.09. The van der Waals surface area contributed by atoms with E-state index in [9.17, 15) is 4.79 Å². The Hall–Kier alpha value is -0.770. The Morgan fingerprint density at radius 2 is 2.12 bits per heavy atom. The van der Waals surface area contributed by atoms with Crippen LogP contribution in [0.2, 0.25) is 0 Å². The molecule has 0 aromatic rings. The summed E-state index contributed by atoms with van der Waals surface area (Å²) in [5.41, 5.74) is 0. The number of carbonyl (C=O) groups excluding carboxylic acids is 1. The zero-order valence-corrected chi connectivity index (χ0v) is 11.5. The Bertz CT molecular complexity index is 242. The molecule has 1 atom stereocenters. The van der Waals surface area contributed by atoms with Crippen LogP contribution in [0, 0.1) is 5.92 Å². The van der Waals surface area contributed by atoms with Crippen LogP contribution in [0.5, 0.6) is 0 Å². The first-order valence-corrected chi connectivity index (χ1v) is 6.68. The van der Waals surface area contributed by atoms with Gasteiger partial charge in [-0.25, -0.2) is 4.79 Å². The second-order valence-corrected chi connectivity index (χ2v) is 5.45. The predicted octanol–water partition coefficient (Wildman–Crippen LogP) is 2.24. The molecule has 0 radical (unpaired) electrons. The molecule has 1 saturated heterocycles. The molecule has 1 rings (SSSR count). The maximum atomic E-state index is 11.8. The third kappa shape index (κ3) is 5.39. The van der Waals surface area contributed by atoms with E-state index < -0.39 is 0 Å². The van der Waals surface area contributed by atoms with Crippen LogP contribution in [-0.2, 0) is 4.74 Å². The van der Waals surface area contributed by atoms with Crippen molar-refractivity contribution in [2.24, 2.45) is 5.92 Å². The number of hydrogen-bond donors (Lipinski definition) is 1. The molecular formula is C13H26N2O2. The summed E-state index contributed by atoms with van der Waals surface area (Å²) in [5.74, 6) is 0.561. The van der Waals surface area contributed by atoms with Gasteiger partial charge in [-0.3, -0.25) is 0 Å². The standard InChI is InChI=1S/C13H26N2O2/c1-10(2)14-8-12-6-5-7-15(9-12)13(16)17-11(3)4/h10-12,14H,5-9H2,1-4H3. The van der Waals surface area contributed by atoms with Gasteiger partial charge < -0.3 is 15.0 Å². The Morgan fingerprint density at radius 1 is 1.41 bits per heavy atom. The van der Waals surface area contributed by atoms with Crippen molar-refractivity contribution in [1.82, 2.24) is 10.2 Å². The molecule has 1 heterocycles. The molecule has 100 valence electrons. The number of piperidine rings is 1. The van der Waals surface area contributed by atoms with Gasteiger partial charge in [0.25, 0.3) is 0 Å². The molecule has 1 amide bonds. The fourth-order valence-corrected chi connectivity index (χ4v) is 2.08. The number of carbonyl (C=O) groups is 1. The minimum atomic E-state index is -0.158. The van der Waals surface area contributed by atoms with Crippen molar-refractivity contribution in [2.45, 2.75) is 52.7 Å². The van der Waals surface area contributed by atoms with Gasteiger partial charge in [-0.15, -0.1) is 0 Å². The molecule has 1 unspecified atom stereocenters. The van der Waals surface area contributed by atoms with Gasteiger partial charge >= 0.3 is 6.09 Å². The normalized spacial score (nSPS) is 21.1. The molecule has 17 heavy (non-hydrogen) atoms. The van der Waals surface area contributed by atoms with E-state index in [0.29, 0.717) is 12.0 Å². The van der Waals surface area contributed by atoms with E-state index in [1.165, 1.54) is 6.42 Å². The fraction of sp³-hybridized carbons (Fsp3) is 0.923. The summed E-state index contributed by atoms with van der Waals surface area (Å²) >= 11 is 0. The molecular weight excluding hydrogens is 216 g/mol. The van der Waals surface area contributed by atoms with Gasteiger partial charge in [0.05, 0.1) is 6.10 Å². The Balaban J connectivity index is 2.35. The molecule has 4 heteroatoms. The molecule has 4 nitrogen and oxygen atoms in total. The van der Waals surface area contributed by atoms with Crippen molar-refractivity contribution >= 4 is 6.09 Å². The van der Waals surface area contributed by atoms with E-state index in [1.54, 1.807) is 0 Å². The van der Waals surface area contributed by atoms with Gasteiger partial charge in [-0.2, -0.15) is 0 Å². The second-order valence-electron chi connectivity index (χ2n) is 5.45. The summed E-state index contributed by atoms with van der Waals surface area (Å²) < 4.78 is 5.23. The lowest BCUT2D eigenvalue weighted by molar-refractivity contribution is 0.0624. The predicted molar refractivity (Wildman–Crippen MR) is 69.1 cm³/mol. The van der Waals surface area contributed by atoms with E-state index in [4.69, 9.17) is 4.74 Å². The van der Waals surface area contributed by atoms with Crippen molar-refractivity contribution in [1.29, 1.82) is 0 Å². The van der Waals surface area contributed by atoms with E-state index >= 15 is 0 Å². The smallest absolute Gasteiger partial charge is 0.410 e. The van der Waals surface area contributed by atoms with Crippen molar-refractivity contribution in [3.63, 3.8) is 0 Å². The molecule has 1 fully saturated rings. The summed E-state index contributed by atoms with van der Waals surface area (Å²) in [4.78, 5) is 13.6. The number of ether oxygens (including phenoxy) is 1. The van der Waals surface area contributed by atoms with Crippen LogP contribution in [-0.4, -0.2) is 42.8 Å². The molecule has 1 aliphatic heterocycles. The summed E-state index contributed by atoms with van der Waals surface area (Å²) in [5, 5.41) is 3.44. The maximum Gasteiger partial charge on any atom is 0.410 e. The van der Waals surface area contributed by atoms with Crippen molar-refractivity contribution in [2.75, 3.05) is 19.6 Å². The number of nitrogens with one attached hydrogen (secondary N) is 1. The second kappa shape index (κ2) is 6.84. The van der Waals surface area contributed by atoms with Crippen molar-refractivity contribution in [3.05, 3.63) is 0 Å². The van der Waals surface area contributed by atoms with E-state index in [-0.39, 0.29) is 12.2 Å². The molecule has 0 aromatic heterocycles. The van der Waals surface area contributed by atoms with Crippen molar-refractivity contribution < 1.29 is 9.53 Å². The lowest BCUT2D eigenvalue weighted by Crippen LogP contribution is -2.44. The van der Waals surface area contributed by atoms with Gasteiger partial charge in [0.2, 0.25) is 0 Å². The molecule has 1 N–H and O–H groups in total. The van der Waals surface area contributed by atoms with Gasteiger partial charge in [-0.1, -0.05) is 13.8 Å². The number of nitrogens with zero attached hydrogens (tertiary/aromatic N) is 1. The third-order valence-electron chi connectivity index (χ3n) is 2.93. The summed E-state index contributed by atoms with van der Waals surface area (Å²) in [6, 6.07) is 0.507. The van der Waals surface area contributed by atoms with Crippen LogP contribution in [0.25, 0.3) is 0 Å². The fourth-order valence-electron chi connectivity index (χ4n) is 2.08. The average molecular weight is 242 g/mol. The van der Waals surface area contributed by atoms with Gasteiger partial charge in [-0.05, 0) is 39.2 Å². The number of rotatable bonds is 4. The van der Waals surface area contributed by atoms with Crippen LogP contribution >= 0.6 is 0 Å². The van der Waals surface area contributed by atoms with E-state index in [0.717, 1.165) is 26.1 Å². The highest BCUT2D eigenvalue weighted by molar-refractivity contribution is 5.67. The first kappa shape index (κ1) is 14.3. The summed E-state index contributed by atoms with van der Waals surface area (Å²) in [6.45, 7) is 10.7. The van der Waals surface area contributed by atoms with Crippen molar-refractivity contribution in [3.8, 4) is 0 Å². The summed E-state index contributed by atoms with van der Waals surface area (Å²) in [7, 11) is 0. The highest BCUT2D eigenvalue weighted by Gasteiger charge is 2.24. The molecule has 0 bridgehead atoms. The minimum Gasteiger partial charge on any atom is -0.447 e. The number of amides is 1. The monoisotopic (exact) mass is 242 g/mol. The lowest BCUT2D eigenvalue weighted by atomic mass is 9.98. The van der Waals surface area contributed by atoms with Crippen LogP contribution in [0.15, 0.2) is 0 Å². The highest BCUT2D eigenvalue weighted by Crippen LogP contribution is 2.17. The lowest BCUT2D eigenvalue weighted by Gasteiger charge is -2.33. The first-order chi connectivity index (χ1) is 7.99. The van der Waals surface area contributed by atoms with Gasteiger partial charge in [0.1, 0.15) is 0 Å². The van der Waals surface area contributed by atoms with E-state index in [2.05, 4.69) is 19.2 Å². The molecule has 0 aromatic carbocycles. The largest absolute Gasteiger partial charge is 0.447 e. The minimum absolute atomic E-state index is 0.0309. The number of likely N-dealkylation sites (tertiary alicyclic amines) is 1. The van der Waals surface area contributed by atoms with E-state index in [1.807, 2.05) is 18.7 Å². The van der Waals surface area contributed by atoms with Crippen LogP contribution in [0.1, 0.15) is 40.5 Å². The molecule has 0 spiro atoms. The zero-order chi connectivity index (χ0) is 12.8. The maximum absolute atomic E-state index is 11.8. The van der Waals surface area contributed by atoms with Gasteiger partial charge in [0.15, 0.2) is 0 Å². The molecule has 0 saturated carbocycles. The Morgan fingerprint density at radius 3 is 2.71 bits per heavy atom.